The highest BCUT2D eigenvalue weighted by Gasteiger charge is 2.64. The molecule has 0 aliphatic carbocycles. The maximum absolute atomic E-state index is 13.5. The Kier molecular flexibility index (Phi) is 6.36. The summed E-state index contributed by atoms with van der Waals surface area (Å²) < 4.78 is -0.712. The number of thioether (sulfide) groups is 1. The molecule has 194 valence electrons. The number of carbonyl (C=O) groups is 4. The van der Waals surface area contributed by atoms with Crippen molar-refractivity contribution in [2.45, 2.75) is 61.1 Å². The van der Waals surface area contributed by atoms with Gasteiger partial charge in [0.25, 0.3) is 0 Å². The molecule has 0 spiro atoms. The molecular formula is C26H29N5O5S. The van der Waals surface area contributed by atoms with E-state index in [0.29, 0.717) is 24.2 Å². The van der Waals surface area contributed by atoms with Crippen LogP contribution in [-0.4, -0.2) is 61.9 Å². The molecular weight excluding hydrogens is 494 g/mol. The van der Waals surface area contributed by atoms with Gasteiger partial charge in [0.2, 0.25) is 17.7 Å². The molecule has 2 fully saturated rings. The number of carboxylic acid groups (broad SMARTS) is 1. The van der Waals surface area contributed by atoms with Crippen LogP contribution >= 0.6 is 11.8 Å². The van der Waals surface area contributed by atoms with Gasteiger partial charge < -0.3 is 31.7 Å². The van der Waals surface area contributed by atoms with Crippen molar-refractivity contribution in [3.8, 4) is 0 Å². The van der Waals surface area contributed by atoms with Crippen molar-refractivity contribution in [2.24, 2.45) is 0 Å². The normalized spacial score (nSPS) is 26.3. The maximum Gasteiger partial charge on any atom is 0.327 e. The number of nitrogens with zero attached hydrogens (tertiary/aromatic N) is 1. The van der Waals surface area contributed by atoms with Crippen LogP contribution in [0.3, 0.4) is 0 Å². The number of carbonyl (C=O) groups excluding carboxylic acids is 3. The fourth-order valence-electron chi connectivity index (χ4n) is 5.30. The van der Waals surface area contributed by atoms with Crippen LogP contribution in [0.1, 0.15) is 36.6 Å². The van der Waals surface area contributed by atoms with E-state index in [0.717, 1.165) is 11.1 Å². The van der Waals surface area contributed by atoms with Crippen LogP contribution in [0, 0.1) is 0 Å². The molecule has 11 heteroatoms. The summed E-state index contributed by atoms with van der Waals surface area (Å²) in [5, 5.41) is 18.0. The lowest BCUT2D eigenvalue weighted by atomic mass is 9.94. The molecule has 3 aliphatic heterocycles. The number of amides is 3. The number of anilines is 1. The largest absolute Gasteiger partial charge is 0.480 e. The van der Waals surface area contributed by atoms with Gasteiger partial charge in [-0.1, -0.05) is 36.4 Å². The van der Waals surface area contributed by atoms with Gasteiger partial charge in [0.15, 0.2) is 0 Å². The number of nitrogen functional groups attached to an aromatic ring is 1. The zero-order chi connectivity index (χ0) is 26.5. The number of carboxylic acids is 1. The number of hydrogen-bond donors (Lipinski definition) is 5. The highest BCUT2D eigenvalue weighted by atomic mass is 32.2. The quantitative estimate of drug-likeness (QED) is 0.275. The summed E-state index contributed by atoms with van der Waals surface area (Å²) in [7, 11) is 0. The molecule has 3 heterocycles. The van der Waals surface area contributed by atoms with Crippen LogP contribution in [0.5, 0.6) is 0 Å². The Labute approximate surface area is 218 Å². The molecule has 5 atom stereocenters. The number of rotatable bonds is 6. The number of fused-ring (bicyclic) bond motifs is 2. The third kappa shape index (κ3) is 4.53. The molecule has 2 unspecified atom stereocenters. The second-order valence-electron chi connectivity index (χ2n) is 10.1. The number of aliphatic carboxylic acids is 1. The van der Waals surface area contributed by atoms with Crippen LogP contribution < -0.4 is 21.7 Å². The second kappa shape index (κ2) is 9.38. The zero-order valence-electron chi connectivity index (χ0n) is 20.4. The Balaban J connectivity index is 1.34. The van der Waals surface area contributed by atoms with Crippen LogP contribution in [0.4, 0.5) is 5.69 Å². The van der Waals surface area contributed by atoms with Crippen molar-refractivity contribution in [3.05, 3.63) is 65.2 Å². The van der Waals surface area contributed by atoms with Crippen LogP contribution in [0.2, 0.25) is 0 Å². The first-order valence-corrected chi connectivity index (χ1v) is 12.9. The minimum atomic E-state index is -1.09. The molecule has 0 saturated carbocycles. The third-order valence-corrected chi connectivity index (χ3v) is 8.73. The average molecular weight is 524 g/mol. The first kappa shape index (κ1) is 25.1. The molecule has 3 amide bonds. The average Bonchev–Trinajstić information content (AvgIpc) is 3.13. The molecule has 0 radical (unpaired) electrons. The van der Waals surface area contributed by atoms with Crippen LogP contribution in [-0.2, 0) is 32.1 Å². The zero-order valence-corrected chi connectivity index (χ0v) is 21.2. The molecule has 2 saturated heterocycles. The molecule has 10 nitrogen and oxygen atoms in total. The van der Waals surface area contributed by atoms with Gasteiger partial charge in [-0.3, -0.25) is 14.4 Å². The molecule has 2 aromatic carbocycles. The van der Waals surface area contributed by atoms with Crippen molar-refractivity contribution in [2.75, 3.05) is 5.73 Å². The SMILES string of the molecule is CC1(C)S[C@@H]2[C@H](NC(=O)C(NC(=O)C3Cc4ccccc4CN3)c3cccc(N)c3)C(=O)N2[C@H]1C(=O)O. The van der Waals surface area contributed by atoms with Crippen LogP contribution in [0.15, 0.2) is 48.5 Å². The van der Waals surface area contributed by atoms with Gasteiger partial charge in [0.05, 0.1) is 6.04 Å². The van der Waals surface area contributed by atoms with E-state index in [2.05, 4.69) is 16.0 Å². The number of nitrogens with two attached hydrogens (primary N) is 1. The molecule has 0 aromatic heterocycles. The Morgan fingerprint density at radius 3 is 2.59 bits per heavy atom. The van der Waals surface area contributed by atoms with E-state index in [1.165, 1.54) is 16.7 Å². The summed E-state index contributed by atoms with van der Waals surface area (Å²) in [6.07, 6.45) is 0.480. The van der Waals surface area contributed by atoms with E-state index in [1.807, 2.05) is 24.3 Å². The van der Waals surface area contributed by atoms with Gasteiger partial charge in [-0.05, 0) is 49.1 Å². The Morgan fingerprint density at radius 1 is 1.16 bits per heavy atom. The third-order valence-electron chi connectivity index (χ3n) is 7.16. The summed E-state index contributed by atoms with van der Waals surface area (Å²) in [5.74, 6) is -2.44. The van der Waals surface area contributed by atoms with Crippen molar-refractivity contribution in [3.63, 3.8) is 0 Å². The van der Waals surface area contributed by atoms with E-state index in [4.69, 9.17) is 5.73 Å². The Bertz CT molecular complexity index is 1280. The highest BCUT2D eigenvalue weighted by molar-refractivity contribution is 8.01. The molecule has 3 aliphatic rings. The fraction of sp³-hybridized carbons (Fsp3) is 0.385. The van der Waals surface area contributed by atoms with Gasteiger partial charge in [-0.15, -0.1) is 11.8 Å². The van der Waals surface area contributed by atoms with Gasteiger partial charge >= 0.3 is 5.97 Å². The summed E-state index contributed by atoms with van der Waals surface area (Å²) >= 11 is 1.34. The maximum atomic E-state index is 13.5. The second-order valence-corrected chi connectivity index (χ2v) is 11.9. The molecule has 5 rings (SSSR count). The van der Waals surface area contributed by atoms with Crippen molar-refractivity contribution in [1.29, 1.82) is 0 Å². The number of β-lactam (4-membered cyclic amide) rings is 1. The Hall–Kier alpha value is -3.57. The van der Waals surface area contributed by atoms with Gasteiger partial charge in [0.1, 0.15) is 23.5 Å². The van der Waals surface area contributed by atoms with Crippen LogP contribution in [0.25, 0.3) is 0 Å². The fourth-order valence-corrected chi connectivity index (χ4v) is 6.93. The summed E-state index contributed by atoms with van der Waals surface area (Å²) in [6.45, 7) is 4.08. The minimum absolute atomic E-state index is 0.346. The summed E-state index contributed by atoms with van der Waals surface area (Å²) in [6, 6.07) is 11.0. The predicted octanol–water partition coefficient (Wildman–Crippen LogP) is 0.772. The van der Waals surface area contributed by atoms with E-state index in [1.54, 1.807) is 38.1 Å². The van der Waals surface area contributed by atoms with Crippen molar-refractivity contribution < 1.29 is 24.3 Å². The minimum Gasteiger partial charge on any atom is -0.480 e. The van der Waals surface area contributed by atoms with E-state index < -0.39 is 52.1 Å². The molecule has 37 heavy (non-hydrogen) atoms. The summed E-state index contributed by atoms with van der Waals surface area (Å²) in [4.78, 5) is 52.8. The monoisotopic (exact) mass is 523 g/mol. The number of hydrogen-bond acceptors (Lipinski definition) is 7. The predicted molar refractivity (Wildman–Crippen MR) is 138 cm³/mol. The molecule has 2 aromatic rings. The molecule has 6 N–H and O–H groups in total. The van der Waals surface area contributed by atoms with Crippen molar-refractivity contribution in [1.82, 2.24) is 20.9 Å². The Morgan fingerprint density at radius 2 is 1.89 bits per heavy atom. The van der Waals surface area contributed by atoms with E-state index >= 15 is 0 Å². The first-order valence-electron chi connectivity index (χ1n) is 12.1. The smallest absolute Gasteiger partial charge is 0.327 e. The van der Waals surface area contributed by atoms with Crippen molar-refractivity contribution >= 4 is 41.1 Å². The van der Waals surface area contributed by atoms with Gasteiger partial charge in [-0.25, -0.2) is 4.79 Å². The van der Waals surface area contributed by atoms with E-state index in [9.17, 15) is 24.3 Å². The highest BCUT2D eigenvalue weighted by Crippen LogP contribution is 2.50. The first-order chi connectivity index (χ1) is 17.6. The molecule has 0 bridgehead atoms. The standard InChI is InChI=1S/C26H29N5O5S/c1-26(2)20(25(35)36)31-23(34)19(24(31)37-26)30-22(33)18(14-8-5-9-16(27)10-14)29-21(32)17-11-13-6-3-4-7-15(13)12-28-17/h3-10,17-20,24,28H,11-12,27H2,1-2H3,(H,29,32)(H,30,33)(H,35,36)/t17?,18?,19-,20+,24-/m1/s1. The topological polar surface area (TPSA) is 154 Å². The van der Waals surface area contributed by atoms with Gasteiger partial charge in [-0.2, -0.15) is 0 Å². The lowest BCUT2D eigenvalue weighted by molar-refractivity contribution is -0.161. The lowest BCUT2D eigenvalue weighted by Crippen LogP contribution is -2.71. The lowest BCUT2D eigenvalue weighted by Gasteiger charge is -2.44. The summed E-state index contributed by atoms with van der Waals surface area (Å²) in [5.41, 5.74) is 9.06. The van der Waals surface area contributed by atoms with Gasteiger partial charge in [0, 0.05) is 17.0 Å². The number of benzene rings is 2. The van der Waals surface area contributed by atoms with E-state index in [-0.39, 0.29) is 5.91 Å². The number of nitrogens with one attached hydrogen (secondary N) is 3.